The predicted molar refractivity (Wildman–Crippen MR) is 126 cm³/mol. The van der Waals surface area contributed by atoms with Crippen LogP contribution in [0.3, 0.4) is 0 Å². The lowest BCUT2D eigenvalue weighted by Gasteiger charge is -2.41. The number of ether oxygens (including phenoxy) is 2. The third kappa shape index (κ3) is 4.86. The van der Waals surface area contributed by atoms with E-state index >= 15 is 0 Å². The van der Waals surface area contributed by atoms with E-state index in [-0.39, 0.29) is 23.8 Å². The van der Waals surface area contributed by atoms with Crippen LogP contribution in [0.5, 0.6) is 11.5 Å². The highest BCUT2D eigenvalue weighted by molar-refractivity contribution is 5.94. The number of hydrogen-bond acceptors (Lipinski definition) is 4. The number of hydrogen-bond donors (Lipinski definition) is 1. The number of methoxy groups -OCH3 is 2. The Hall–Kier alpha value is -3.38. The van der Waals surface area contributed by atoms with Crippen LogP contribution >= 0.6 is 0 Å². The van der Waals surface area contributed by atoms with Crippen molar-refractivity contribution in [2.45, 2.75) is 32.0 Å². The molecule has 0 spiro atoms. The van der Waals surface area contributed by atoms with Gasteiger partial charge in [-0.25, -0.2) is 4.39 Å². The monoisotopic (exact) mass is 448 g/mol. The Balaban J connectivity index is 1.70. The first kappa shape index (κ1) is 22.8. The molecular formula is C27H29FN2O3. The molecule has 0 saturated carbocycles. The molecule has 0 aromatic heterocycles. The molecule has 3 aromatic carbocycles. The molecule has 172 valence electrons. The van der Waals surface area contributed by atoms with Gasteiger partial charge in [0.25, 0.3) is 5.91 Å². The molecule has 1 amide bonds. The van der Waals surface area contributed by atoms with Crippen LogP contribution in [-0.4, -0.2) is 37.6 Å². The number of benzene rings is 3. The number of amides is 1. The fourth-order valence-corrected chi connectivity index (χ4v) is 4.60. The fourth-order valence-electron chi connectivity index (χ4n) is 4.60. The van der Waals surface area contributed by atoms with Gasteiger partial charge in [-0.2, -0.15) is 0 Å². The minimum Gasteiger partial charge on any atom is -0.493 e. The lowest BCUT2D eigenvalue weighted by molar-refractivity contribution is 0.0875. The van der Waals surface area contributed by atoms with Crippen molar-refractivity contribution in [2.24, 2.45) is 0 Å². The molecule has 0 unspecified atom stereocenters. The van der Waals surface area contributed by atoms with E-state index in [1.165, 1.54) is 6.07 Å². The van der Waals surface area contributed by atoms with Crippen LogP contribution in [0.1, 0.15) is 40.0 Å². The van der Waals surface area contributed by atoms with E-state index in [9.17, 15) is 9.18 Å². The maximum atomic E-state index is 14.5. The lowest BCUT2D eigenvalue weighted by Crippen LogP contribution is -2.47. The highest BCUT2D eigenvalue weighted by Gasteiger charge is 2.34. The molecule has 5 nitrogen and oxygen atoms in total. The number of halogens is 1. The Bertz CT molecular complexity index is 1120. The normalized spacial score (nSPS) is 16.5. The van der Waals surface area contributed by atoms with Crippen molar-refractivity contribution < 1.29 is 18.7 Å². The van der Waals surface area contributed by atoms with E-state index < -0.39 is 0 Å². The van der Waals surface area contributed by atoms with Crippen molar-refractivity contribution in [3.8, 4) is 11.5 Å². The fraction of sp³-hybridized carbons (Fsp3) is 0.296. The molecule has 1 aliphatic rings. The molecule has 4 rings (SSSR count). The second-order valence-corrected chi connectivity index (χ2v) is 8.29. The summed E-state index contributed by atoms with van der Waals surface area (Å²) in [7, 11) is 3.23. The Morgan fingerprint density at radius 1 is 1.06 bits per heavy atom. The van der Waals surface area contributed by atoms with Gasteiger partial charge in [0.05, 0.1) is 20.3 Å². The van der Waals surface area contributed by atoms with Gasteiger partial charge < -0.3 is 14.8 Å². The lowest BCUT2D eigenvalue weighted by atomic mass is 9.87. The summed E-state index contributed by atoms with van der Waals surface area (Å²) in [6.45, 7) is 3.16. The molecular weight excluding hydrogens is 419 g/mol. The average Bonchev–Trinajstić information content (AvgIpc) is 2.84. The molecule has 33 heavy (non-hydrogen) atoms. The molecule has 0 radical (unpaired) electrons. The highest BCUT2D eigenvalue weighted by Crippen LogP contribution is 2.40. The Morgan fingerprint density at radius 2 is 1.73 bits per heavy atom. The number of carbonyl (C=O) groups excluding carboxylic acids is 1. The molecule has 3 aromatic rings. The Morgan fingerprint density at radius 3 is 2.42 bits per heavy atom. The first-order valence-corrected chi connectivity index (χ1v) is 11.1. The number of nitrogens with zero attached hydrogens (tertiary/aromatic N) is 1. The number of fused-ring (bicyclic) bond motifs is 1. The molecule has 0 aliphatic carbocycles. The summed E-state index contributed by atoms with van der Waals surface area (Å²) in [5.41, 5.74) is 3.43. The van der Waals surface area contributed by atoms with Crippen LogP contribution in [0.15, 0.2) is 66.7 Å². The van der Waals surface area contributed by atoms with Gasteiger partial charge in [0.1, 0.15) is 5.82 Å². The van der Waals surface area contributed by atoms with Crippen LogP contribution < -0.4 is 14.8 Å². The van der Waals surface area contributed by atoms with Gasteiger partial charge in [0.2, 0.25) is 0 Å². The number of nitrogens with one attached hydrogen (secondary N) is 1. The van der Waals surface area contributed by atoms with Crippen LogP contribution in [0.25, 0.3) is 0 Å². The first-order valence-electron chi connectivity index (χ1n) is 11.1. The Labute approximate surface area is 194 Å². The minimum absolute atomic E-state index is 0.137. The zero-order chi connectivity index (χ0) is 23.4. The first-order chi connectivity index (χ1) is 16.0. The minimum atomic E-state index is -0.235. The summed E-state index contributed by atoms with van der Waals surface area (Å²) < 4.78 is 25.5. The van der Waals surface area contributed by atoms with Crippen molar-refractivity contribution in [3.63, 3.8) is 0 Å². The van der Waals surface area contributed by atoms with Gasteiger partial charge in [-0.05, 0) is 54.8 Å². The van der Waals surface area contributed by atoms with Gasteiger partial charge in [0.15, 0.2) is 11.5 Å². The van der Waals surface area contributed by atoms with Gasteiger partial charge >= 0.3 is 0 Å². The van der Waals surface area contributed by atoms with Gasteiger partial charge in [-0.1, -0.05) is 36.4 Å². The van der Waals surface area contributed by atoms with E-state index in [4.69, 9.17) is 9.47 Å². The van der Waals surface area contributed by atoms with Crippen LogP contribution in [-0.2, 0) is 13.0 Å². The predicted octanol–water partition coefficient (Wildman–Crippen LogP) is 4.76. The molecule has 1 heterocycles. The average molecular weight is 449 g/mol. The SMILES string of the molecule is COc1cc2c(cc1OC)[C@@H]([C@H](C)NC(=O)c1ccccc1)N(Cc1ccccc1F)CC2. The molecule has 2 atom stereocenters. The quantitative estimate of drug-likeness (QED) is 0.566. The van der Waals surface area contributed by atoms with Crippen LogP contribution in [0.2, 0.25) is 0 Å². The van der Waals surface area contributed by atoms with Crippen molar-refractivity contribution in [1.29, 1.82) is 0 Å². The second kappa shape index (κ2) is 10.0. The van der Waals surface area contributed by atoms with Crippen molar-refractivity contribution in [1.82, 2.24) is 10.2 Å². The zero-order valence-corrected chi connectivity index (χ0v) is 19.2. The van der Waals surface area contributed by atoms with Crippen LogP contribution in [0.4, 0.5) is 4.39 Å². The number of carbonyl (C=O) groups is 1. The summed E-state index contributed by atoms with van der Waals surface area (Å²) in [5, 5.41) is 3.16. The highest BCUT2D eigenvalue weighted by atomic mass is 19.1. The maximum absolute atomic E-state index is 14.5. The standard InChI is InChI=1S/C27H29FN2O3/c1-18(29-27(31)19-9-5-4-6-10-19)26-22-16-25(33-3)24(32-2)15-20(22)13-14-30(26)17-21-11-7-8-12-23(21)28/h4-12,15-16,18,26H,13-14,17H2,1-3H3,(H,29,31)/t18-,26+/m0/s1. The molecule has 0 fully saturated rings. The molecule has 1 N–H and O–H groups in total. The van der Waals surface area contributed by atoms with E-state index in [0.717, 1.165) is 24.1 Å². The largest absolute Gasteiger partial charge is 0.493 e. The summed E-state index contributed by atoms with van der Waals surface area (Å²) in [5.74, 6) is 0.950. The van der Waals surface area contributed by atoms with E-state index in [0.29, 0.717) is 29.2 Å². The second-order valence-electron chi connectivity index (χ2n) is 8.29. The summed E-state index contributed by atoms with van der Waals surface area (Å²) in [6.07, 6.45) is 0.792. The summed E-state index contributed by atoms with van der Waals surface area (Å²) >= 11 is 0. The topological polar surface area (TPSA) is 50.8 Å². The van der Waals surface area contributed by atoms with Gasteiger partial charge in [0, 0.05) is 30.3 Å². The Kier molecular flexibility index (Phi) is 6.94. The van der Waals surface area contributed by atoms with Crippen molar-refractivity contribution in [2.75, 3.05) is 20.8 Å². The van der Waals surface area contributed by atoms with Gasteiger partial charge in [-0.15, -0.1) is 0 Å². The van der Waals surface area contributed by atoms with E-state index in [1.807, 2.05) is 49.4 Å². The number of rotatable bonds is 7. The molecule has 0 bridgehead atoms. The smallest absolute Gasteiger partial charge is 0.251 e. The van der Waals surface area contributed by atoms with Crippen LogP contribution in [0, 0.1) is 5.82 Å². The third-order valence-corrected chi connectivity index (χ3v) is 6.23. The summed E-state index contributed by atoms with van der Waals surface area (Å²) in [4.78, 5) is 15.1. The van der Waals surface area contributed by atoms with E-state index in [2.05, 4.69) is 10.2 Å². The molecule has 0 saturated heterocycles. The van der Waals surface area contributed by atoms with Crippen molar-refractivity contribution >= 4 is 5.91 Å². The van der Waals surface area contributed by atoms with Crippen molar-refractivity contribution in [3.05, 3.63) is 94.8 Å². The van der Waals surface area contributed by atoms with E-state index in [1.54, 1.807) is 32.4 Å². The molecule has 6 heteroatoms. The van der Waals surface area contributed by atoms with Gasteiger partial charge in [-0.3, -0.25) is 9.69 Å². The summed E-state index contributed by atoms with van der Waals surface area (Å²) in [6, 6.07) is 19.6. The third-order valence-electron chi connectivity index (χ3n) is 6.23. The molecule has 1 aliphatic heterocycles. The maximum Gasteiger partial charge on any atom is 0.251 e. The zero-order valence-electron chi connectivity index (χ0n) is 19.2.